The molecule has 1 fully saturated rings. The number of thioether (sulfide) groups is 1. The van der Waals surface area contributed by atoms with Gasteiger partial charge < -0.3 is 14.7 Å². The fourth-order valence-corrected chi connectivity index (χ4v) is 3.59. The summed E-state index contributed by atoms with van der Waals surface area (Å²) in [6, 6.07) is 6.88. The van der Waals surface area contributed by atoms with Crippen molar-refractivity contribution in [3.63, 3.8) is 0 Å². The van der Waals surface area contributed by atoms with Crippen LogP contribution in [-0.4, -0.2) is 46.3 Å². The molecule has 2 aliphatic heterocycles. The average molecular weight is 293 g/mol. The van der Waals surface area contributed by atoms with Crippen molar-refractivity contribution >= 4 is 23.6 Å². The van der Waals surface area contributed by atoms with E-state index in [4.69, 9.17) is 9.84 Å². The second-order valence-electron chi connectivity index (χ2n) is 4.89. The van der Waals surface area contributed by atoms with Crippen LogP contribution in [0.5, 0.6) is 5.75 Å². The Kier molecular flexibility index (Phi) is 3.56. The molecule has 1 N–H and O–H groups in total. The molecule has 1 saturated heterocycles. The Balaban J connectivity index is 1.74. The van der Waals surface area contributed by atoms with Crippen molar-refractivity contribution in [3.8, 4) is 5.75 Å². The summed E-state index contributed by atoms with van der Waals surface area (Å²) in [4.78, 5) is 26.1. The van der Waals surface area contributed by atoms with Crippen LogP contribution in [0.4, 0.5) is 0 Å². The number of carboxylic acid groups (broad SMARTS) is 1. The SMILES string of the molecule is O=C(O)[C@@H]1CCCN1C(=O)[C@@H]1CSc2ccccc2O1. The van der Waals surface area contributed by atoms with Gasteiger partial charge in [-0.25, -0.2) is 4.79 Å². The zero-order chi connectivity index (χ0) is 14.1. The fraction of sp³-hybridized carbons (Fsp3) is 0.429. The van der Waals surface area contributed by atoms with E-state index < -0.39 is 18.1 Å². The van der Waals surface area contributed by atoms with E-state index in [9.17, 15) is 9.59 Å². The van der Waals surface area contributed by atoms with E-state index in [2.05, 4.69) is 0 Å². The summed E-state index contributed by atoms with van der Waals surface area (Å²) in [6.45, 7) is 0.502. The van der Waals surface area contributed by atoms with Crippen LogP contribution in [0.3, 0.4) is 0 Å². The molecule has 1 amide bonds. The van der Waals surface area contributed by atoms with Crippen molar-refractivity contribution in [1.29, 1.82) is 0 Å². The first-order valence-electron chi connectivity index (χ1n) is 6.58. The average Bonchev–Trinajstić information content (AvgIpc) is 2.95. The van der Waals surface area contributed by atoms with Crippen molar-refractivity contribution in [2.75, 3.05) is 12.3 Å². The molecule has 106 valence electrons. The zero-order valence-corrected chi connectivity index (χ0v) is 11.6. The lowest BCUT2D eigenvalue weighted by molar-refractivity contribution is -0.150. The monoisotopic (exact) mass is 293 g/mol. The number of rotatable bonds is 2. The molecule has 3 rings (SSSR count). The minimum atomic E-state index is -0.931. The highest BCUT2D eigenvalue weighted by Gasteiger charge is 2.39. The lowest BCUT2D eigenvalue weighted by Crippen LogP contribution is -2.48. The Labute approximate surface area is 120 Å². The number of carboxylic acids is 1. The van der Waals surface area contributed by atoms with Gasteiger partial charge in [0.1, 0.15) is 11.8 Å². The first-order chi connectivity index (χ1) is 9.66. The number of hydrogen-bond acceptors (Lipinski definition) is 4. The quantitative estimate of drug-likeness (QED) is 0.897. The molecule has 0 bridgehead atoms. The van der Waals surface area contributed by atoms with Crippen LogP contribution in [0, 0.1) is 0 Å². The number of para-hydroxylation sites is 1. The van der Waals surface area contributed by atoms with E-state index in [1.165, 1.54) is 4.90 Å². The first kappa shape index (κ1) is 13.3. The first-order valence-corrected chi connectivity index (χ1v) is 7.57. The van der Waals surface area contributed by atoms with Gasteiger partial charge in [-0.05, 0) is 25.0 Å². The van der Waals surface area contributed by atoms with Gasteiger partial charge in [0.05, 0.1) is 0 Å². The highest BCUT2D eigenvalue weighted by atomic mass is 32.2. The second-order valence-corrected chi connectivity index (χ2v) is 5.95. The van der Waals surface area contributed by atoms with Crippen LogP contribution in [-0.2, 0) is 9.59 Å². The van der Waals surface area contributed by atoms with Gasteiger partial charge in [0.2, 0.25) is 0 Å². The molecule has 0 saturated carbocycles. The standard InChI is InChI=1S/C14H15NO4S/c16-13(15-7-3-4-9(15)14(17)18)11-8-20-12-6-2-1-5-10(12)19-11/h1-2,5-6,9,11H,3-4,7-8H2,(H,17,18)/t9-,11-/m0/s1. The van der Waals surface area contributed by atoms with Crippen molar-refractivity contribution in [2.24, 2.45) is 0 Å². The predicted molar refractivity (Wildman–Crippen MR) is 74.0 cm³/mol. The maximum absolute atomic E-state index is 12.4. The van der Waals surface area contributed by atoms with E-state index in [1.54, 1.807) is 11.8 Å². The Hall–Kier alpha value is -1.69. The molecule has 0 radical (unpaired) electrons. The molecular formula is C14H15NO4S. The molecule has 0 unspecified atom stereocenters. The summed E-state index contributed by atoms with van der Waals surface area (Å²) in [5.74, 6) is 0.0865. The summed E-state index contributed by atoms with van der Waals surface area (Å²) in [7, 11) is 0. The van der Waals surface area contributed by atoms with Crippen LogP contribution in [0.1, 0.15) is 12.8 Å². The maximum atomic E-state index is 12.4. The molecule has 0 spiro atoms. The molecule has 5 nitrogen and oxygen atoms in total. The lowest BCUT2D eigenvalue weighted by Gasteiger charge is -2.30. The number of likely N-dealkylation sites (tertiary alicyclic amines) is 1. The normalized spacial score (nSPS) is 24.9. The number of hydrogen-bond donors (Lipinski definition) is 1. The summed E-state index contributed by atoms with van der Waals surface area (Å²) >= 11 is 1.57. The molecule has 6 heteroatoms. The van der Waals surface area contributed by atoms with Crippen molar-refractivity contribution in [2.45, 2.75) is 29.9 Å². The molecule has 1 aromatic rings. The minimum Gasteiger partial charge on any atom is -0.480 e. The van der Waals surface area contributed by atoms with Gasteiger partial charge >= 0.3 is 5.97 Å². The summed E-state index contributed by atoms with van der Waals surface area (Å²) in [5, 5.41) is 9.15. The van der Waals surface area contributed by atoms with E-state index in [1.807, 2.05) is 24.3 Å². The minimum absolute atomic E-state index is 0.211. The second kappa shape index (κ2) is 5.36. The van der Waals surface area contributed by atoms with Gasteiger partial charge in [-0.2, -0.15) is 0 Å². The van der Waals surface area contributed by atoms with Crippen molar-refractivity contribution in [1.82, 2.24) is 4.90 Å². The van der Waals surface area contributed by atoms with Gasteiger partial charge in [-0.3, -0.25) is 4.79 Å². The van der Waals surface area contributed by atoms with Gasteiger partial charge in [-0.1, -0.05) is 12.1 Å². The van der Waals surface area contributed by atoms with E-state index in [-0.39, 0.29) is 5.91 Å². The number of carbonyl (C=O) groups excluding carboxylic acids is 1. The Morgan fingerprint density at radius 3 is 2.95 bits per heavy atom. The number of amides is 1. The molecule has 1 aromatic carbocycles. The fourth-order valence-electron chi connectivity index (χ4n) is 2.61. The van der Waals surface area contributed by atoms with Gasteiger partial charge in [0, 0.05) is 17.2 Å². The third-order valence-electron chi connectivity index (χ3n) is 3.60. The molecule has 20 heavy (non-hydrogen) atoms. The highest BCUT2D eigenvalue weighted by Crippen LogP contribution is 2.35. The van der Waals surface area contributed by atoms with Crippen LogP contribution in [0.2, 0.25) is 0 Å². The van der Waals surface area contributed by atoms with E-state index in [0.29, 0.717) is 24.5 Å². The number of fused-ring (bicyclic) bond motifs is 1. The highest BCUT2D eigenvalue weighted by molar-refractivity contribution is 7.99. The smallest absolute Gasteiger partial charge is 0.326 e. The maximum Gasteiger partial charge on any atom is 0.326 e. The summed E-state index contributed by atoms with van der Waals surface area (Å²) < 4.78 is 5.73. The van der Waals surface area contributed by atoms with Crippen molar-refractivity contribution in [3.05, 3.63) is 24.3 Å². The molecule has 0 aliphatic carbocycles. The van der Waals surface area contributed by atoms with E-state index in [0.717, 1.165) is 11.3 Å². The van der Waals surface area contributed by atoms with Crippen molar-refractivity contribution < 1.29 is 19.4 Å². The molecule has 2 aliphatic rings. The third-order valence-corrected chi connectivity index (χ3v) is 4.72. The molecular weight excluding hydrogens is 278 g/mol. The number of ether oxygens (including phenoxy) is 1. The van der Waals surface area contributed by atoms with Gasteiger partial charge in [0.25, 0.3) is 5.91 Å². The summed E-state index contributed by atoms with van der Waals surface area (Å²) in [6.07, 6.45) is 0.672. The summed E-state index contributed by atoms with van der Waals surface area (Å²) in [5.41, 5.74) is 0. The lowest BCUT2D eigenvalue weighted by atomic mass is 10.2. The number of nitrogens with zero attached hydrogens (tertiary/aromatic N) is 1. The van der Waals surface area contributed by atoms with Crippen LogP contribution < -0.4 is 4.74 Å². The number of aliphatic carboxylic acids is 1. The Morgan fingerprint density at radius 2 is 2.15 bits per heavy atom. The van der Waals surface area contributed by atoms with Crippen LogP contribution >= 0.6 is 11.8 Å². The Bertz CT molecular complexity index is 548. The molecule has 2 heterocycles. The van der Waals surface area contributed by atoms with Gasteiger partial charge in [0.15, 0.2) is 6.10 Å². The predicted octanol–water partition coefficient (Wildman–Crippen LogP) is 1.62. The third kappa shape index (κ3) is 2.35. The van der Waals surface area contributed by atoms with Crippen LogP contribution in [0.15, 0.2) is 29.2 Å². The number of benzene rings is 1. The zero-order valence-electron chi connectivity index (χ0n) is 10.8. The number of carbonyl (C=O) groups is 2. The Morgan fingerprint density at radius 1 is 1.35 bits per heavy atom. The molecule has 2 atom stereocenters. The van der Waals surface area contributed by atoms with Crippen LogP contribution in [0.25, 0.3) is 0 Å². The van der Waals surface area contributed by atoms with E-state index >= 15 is 0 Å². The molecule has 0 aromatic heterocycles. The van der Waals surface area contributed by atoms with Gasteiger partial charge in [-0.15, -0.1) is 11.8 Å². The largest absolute Gasteiger partial charge is 0.480 e. The topological polar surface area (TPSA) is 66.8 Å².